The fourth-order valence-electron chi connectivity index (χ4n) is 2.02. The molecule has 0 aliphatic carbocycles. The highest BCUT2D eigenvalue weighted by atomic mass is 79.9. The standard InChI is InChI=1S/C14H13BrN4S/c1-20-12-5-3-2-4-11(12)16-6-10-7-18-14-8-17-13(15)9-19(10)14/h2-5,7-9,16H,6H2,1H3. The Balaban J connectivity index is 1.85. The summed E-state index contributed by atoms with van der Waals surface area (Å²) in [6.07, 6.45) is 7.64. The molecule has 0 atom stereocenters. The van der Waals surface area contributed by atoms with Crippen molar-refractivity contribution < 1.29 is 0 Å². The second-order valence-electron chi connectivity index (χ2n) is 4.24. The van der Waals surface area contributed by atoms with E-state index in [1.807, 2.05) is 28.9 Å². The van der Waals surface area contributed by atoms with Crippen LogP contribution in [0.1, 0.15) is 5.69 Å². The van der Waals surface area contributed by atoms with Gasteiger partial charge in [0.25, 0.3) is 0 Å². The van der Waals surface area contributed by atoms with Gasteiger partial charge in [-0.3, -0.25) is 4.40 Å². The predicted molar refractivity (Wildman–Crippen MR) is 86.2 cm³/mol. The second-order valence-corrected chi connectivity index (χ2v) is 5.90. The molecule has 0 saturated heterocycles. The quantitative estimate of drug-likeness (QED) is 0.727. The van der Waals surface area contributed by atoms with Crippen LogP contribution in [0.3, 0.4) is 0 Å². The summed E-state index contributed by atoms with van der Waals surface area (Å²) in [6, 6.07) is 8.29. The number of benzene rings is 1. The van der Waals surface area contributed by atoms with Crippen molar-refractivity contribution in [2.75, 3.05) is 11.6 Å². The lowest BCUT2D eigenvalue weighted by Gasteiger charge is -2.10. The van der Waals surface area contributed by atoms with Crippen molar-refractivity contribution in [3.8, 4) is 0 Å². The SMILES string of the molecule is CSc1ccccc1NCc1cnc2cnc(Br)cn12. The molecule has 1 aromatic carbocycles. The number of para-hydroxylation sites is 1. The van der Waals surface area contributed by atoms with Crippen LogP contribution in [0.15, 0.2) is 52.4 Å². The molecule has 1 N–H and O–H groups in total. The van der Waals surface area contributed by atoms with Gasteiger partial charge in [0, 0.05) is 16.8 Å². The molecule has 3 aromatic rings. The predicted octanol–water partition coefficient (Wildman–Crippen LogP) is 3.83. The van der Waals surface area contributed by atoms with Crippen LogP contribution in [0, 0.1) is 0 Å². The van der Waals surface area contributed by atoms with Gasteiger partial charge in [0.15, 0.2) is 5.65 Å². The number of anilines is 1. The summed E-state index contributed by atoms with van der Waals surface area (Å²) in [4.78, 5) is 9.76. The lowest BCUT2D eigenvalue weighted by atomic mass is 10.3. The van der Waals surface area contributed by atoms with Crippen LogP contribution < -0.4 is 5.32 Å². The largest absolute Gasteiger partial charge is 0.378 e. The number of thioether (sulfide) groups is 1. The number of fused-ring (bicyclic) bond motifs is 1. The Bertz CT molecular complexity index is 741. The summed E-state index contributed by atoms with van der Waals surface area (Å²) < 4.78 is 2.83. The Labute approximate surface area is 129 Å². The number of nitrogens with zero attached hydrogens (tertiary/aromatic N) is 3. The average Bonchev–Trinajstić information content (AvgIpc) is 2.87. The Morgan fingerprint density at radius 2 is 2.10 bits per heavy atom. The Morgan fingerprint density at radius 3 is 2.95 bits per heavy atom. The number of imidazole rings is 1. The van der Waals surface area contributed by atoms with E-state index in [-0.39, 0.29) is 0 Å². The van der Waals surface area contributed by atoms with Gasteiger partial charge >= 0.3 is 0 Å². The zero-order valence-electron chi connectivity index (χ0n) is 10.9. The van der Waals surface area contributed by atoms with E-state index in [0.717, 1.165) is 28.2 Å². The molecule has 0 aliphatic rings. The van der Waals surface area contributed by atoms with Crippen molar-refractivity contribution in [1.29, 1.82) is 0 Å². The minimum atomic E-state index is 0.717. The van der Waals surface area contributed by atoms with E-state index in [1.165, 1.54) is 4.90 Å². The van der Waals surface area contributed by atoms with Crippen molar-refractivity contribution in [2.24, 2.45) is 0 Å². The van der Waals surface area contributed by atoms with Crippen molar-refractivity contribution in [3.63, 3.8) is 0 Å². The highest BCUT2D eigenvalue weighted by Gasteiger charge is 2.05. The van der Waals surface area contributed by atoms with Crippen LogP contribution in [-0.2, 0) is 6.54 Å². The molecule has 102 valence electrons. The Hall–Kier alpha value is -1.53. The third kappa shape index (κ3) is 2.66. The molecule has 20 heavy (non-hydrogen) atoms. The first-order chi connectivity index (χ1) is 9.78. The zero-order valence-corrected chi connectivity index (χ0v) is 13.3. The molecule has 2 aromatic heterocycles. The minimum absolute atomic E-state index is 0.717. The lowest BCUT2D eigenvalue weighted by molar-refractivity contribution is 0.979. The average molecular weight is 349 g/mol. The first-order valence-corrected chi connectivity index (χ1v) is 8.14. The number of halogens is 1. The molecule has 0 bridgehead atoms. The molecule has 6 heteroatoms. The molecule has 0 saturated carbocycles. The monoisotopic (exact) mass is 348 g/mol. The minimum Gasteiger partial charge on any atom is -0.378 e. The molecule has 0 fully saturated rings. The van der Waals surface area contributed by atoms with Crippen molar-refractivity contribution in [2.45, 2.75) is 11.4 Å². The number of hydrogen-bond donors (Lipinski definition) is 1. The highest BCUT2D eigenvalue weighted by Crippen LogP contribution is 2.25. The first-order valence-electron chi connectivity index (χ1n) is 6.12. The summed E-state index contributed by atoms with van der Waals surface area (Å²) >= 11 is 5.12. The molecule has 0 radical (unpaired) electrons. The van der Waals surface area contributed by atoms with E-state index < -0.39 is 0 Å². The third-order valence-corrected chi connectivity index (χ3v) is 4.21. The van der Waals surface area contributed by atoms with Gasteiger partial charge in [-0.15, -0.1) is 11.8 Å². The van der Waals surface area contributed by atoms with Gasteiger partial charge in [0.2, 0.25) is 0 Å². The maximum atomic E-state index is 4.35. The van der Waals surface area contributed by atoms with Crippen molar-refractivity contribution >= 4 is 39.0 Å². The van der Waals surface area contributed by atoms with Crippen molar-refractivity contribution in [3.05, 3.63) is 53.2 Å². The molecule has 0 spiro atoms. The topological polar surface area (TPSA) is 42.2 Å². The molecule has 4 nitrogen and oxygen atoms in total. The van der Waals surface area contributed by atoms with E-state index in [2.05, 4.69) is 49.6 Å². The molecule has 3 rings (SSSR count). The second kappa shape index (κ2) is 5.85. The normalized spacial score (nSPS) is 10.9. The Morgan fingerprint density at radius 1 is 1.25 bits per heavy atom. The van der Waals surface area contributed by atoms with E-state index >= 15 is 0 Å². The van der Waals surface area contributed by atoms with Gasteiger partial charge in [-0.05, 0) is 34.3 Å². The fourth-order valence-corrected chi connectivity index (χ4v) is 2.91. The Kier molecular flexibility index (Phi) is 3.93. The molecular formula is C14H13BrN4S. The number of rotatable bonds is 4. The van der Waals surface area contributed by atoms with E-state index in [4.69, 9.17) is 0 Å². The van der Waals surface area contributed by atoms with Gasteiger partial charge in [0.1, 0.15) is 4.60 Å². The van der Waals surface area contributed by atoms with Gasteiger partial charge in [-0.1, -0.05) is 12.1 Å². The maximum absolute atomic E-state index is 4.35. The van der Waals surface area contributed by atoms with Crippen LogP contribution >= 0.6 is 27.7 Å². The fraction of sp³-hybridized carbons (Fsp3) is 0.143. The van der Waals surface area contributed by atoms with Gasteiger partial charge in [0.05, 0.1) is 24.6 Å². The summed E-state index contributed by atoms with van der Waals surface area (Å²) in [6.45, 7) is 0.717. The van der Waals surface area contributed by atoms with Gasteiger partial charge in [-0.25, -0.2) is 9.97 Å². The zero-order chi connectivity index (χ0) is 13.9. The molecule has 0 unspecified atom stereocenters. The molecule has 2 heterocycles. The summed E-state index contributed by atoms with van der Waals surface area (Å²) in [5, 5.41) is 3.46. The van der Waals surface area contributed by atoms with Crippen LogP contribution in [0.4, 0.5) is 5.69 Å². The summed E-state index contributed by atoms with van der Waals surface area (Å²) in [5.74, 6) is 0. The number of nitrogens with one attached hydrogen (secondary N) is 1. The van der Waals surface area contributed by atoms with Crippen LogP contribution in [0.2, 0.25) is 0 Å². The summed E-state index contributed by atoms with van der Waals surface area (Å²) in [7, 11) is 0. The van der Waals surface area contributed by atoms with E-state index in [1.54, 1.807) is 18.0 Å². The highest BCUT2D eigenvalue weighted by molar-refractivity contribution is 9.10. The van der Waals surface area contributed by atoms with E-state index in [9.17, 15) is 0 Å². The van der Waals surface area contributed by atoms with Gasteiger partial charge < -0.3 is 5.32 Å². The summed E-state index contributed by atoms with van der Waals surface area (Å²) in [5.41, 5.74) is 3.09. The van der Waals surface area contributed by atoms with Crippen LogP contribution in [0.5, 0.6) is 0 Å². The van der Waals surface area contributed by atoms with Crippen LogP contribution in [0.25, 0.3) is 5.65 Å². The number of aromatic nitrogens is 3. The maximum Gasteiger partial charge on any atom is 0.155 e. The smallest absolute Gasteiger partial charge is 0.155 e. The third-order valence-electron chi connectivity index (χ3n) is 3.01. The molecule has 0 aliphatic heterocycles. The molecule has 0 amide bonds. The first kappa shape index (κ1) is 13.5. The van der Waals surface area contributed by atoms with Crippen molar-refractivity contribution in [1.82, 2.24) is 14.4 Å². The molecular weight excluding hydrogens is 336 g/mol. The van der Waals surface area contributed by atoms with Crippen LogP contribution in [-0.4, -0.2) is 20.6 Å². The lowest BCUT2D eigenvalue weighted by Crippen LogP contribution is -2.03. The van der Waals surface area contributed by atoms with Gasteiger partial charge in [-0.2, -0.15) is 0 Å². The number of hydrogen-bond acceptors (Lipinski definition) is 4. The van der Waals surface area contributed by atoms with E-state index in [0.29, 0.717) is 0 Å².